The van der Waals surface area contributed by atoms with E-state index in [1.165, 1.54) is 18.4 Å². The molecule has 0 saturated heterocycles. The van der Waals surface area contributed by atoms with Gasteiger partial charge in [-0.25, -0.2) is 4.68 Å². The van der Waals surface area contributed by atoms with Crippen LogP contribution in [0.4, 0.5) is 0 Å². The van der Waals surface area contributed by atoms with Gasteiger partial charge in [0.1, 0.15) is 0 Å². The molecule has 3 rings (SSSR count). The molecule has 1 aromatic heterocycles. The molecule has 1 saturated carbocycles. The summed E-state index contributed by atoms with van der Waals surface area (Å²) in [7, 11) is 0. The largest absolute Gasteiger partial charge is 0.309 e. The highest BCUT2D eigenvalue weighted by Crippen LogP contribution is 2.24. The van der Waals surface area contributed by atoms with Crippen LogP contribution in [0.15, 0.2) is 42.7 Å². The van der Waals surface area contributed by atoms with Crippen molar-refractivity contribution in [2.24, 2.45) is 5.92 Å². The Morgan fingerprint density at radius 3 is 2.90 bits per heavy atom. The minimum absolute atomic E-state index is 0.149. The summed E-state index contributed by atoms with van der Waals surface area (Å²) >= 11 is 0. The molecule has 1 aromatic carbocycles. The first-order valence-corrected chi connectivity index (χ1v) is 7.59. The van der Waals surface area contributed by atoms with Crippen molar-refractivity contribution in [1.82, 2.24) is 15.1 Å². The highest BCUT2D eigenvalue weighted by Gasteiger charge is 2.24. The number of nitriles is 1. The van der Waals surface area contributed by atoms with E-state index in [1.807, 2.05) is 29.1 Å². The van der Waals surface area contributed by atoms with Gasteiger partial charge in [0.25, 0.3) is 0 Å². The summed E-state index contributed by atoms with van der Waals surface area (Å²) < 4.78 is 1.89. The molecule has 21 heavy (non-hydrogen) atoms. The number of aromatic nitrogens is 2. The molecule has 0 radical (unpaired) electrons. The highest BCUT2D eigenvalue weighted by atomic mass is 15.3. The zero-order valence-electron chi connectivity index (χ0n) is 12.1. The van der Waals surface area contributed by atoms with Crippen LogP contribution in [-0.2, 0) is 6.54 Å². The summed E-state index contributed by atoms with van der Waals surface area (Å²) in [5, 5.41) is 17.1. The second kappa shape index (κ2) is 6.55. The monoisotopic (exact) mass is 280 g/mol. The fourth-order valence-corrected chi connectivity index (χ4v) is 3.07. The molecule has 1 heterocycles. The molecule has 1 N–H and O–H groups in total. The van der Waals surface area contributed by atoms with Gasteiger partial charge in [0.2, 0.25) is 0 Å². The maximum atomic E-state index is 9.26. The Hall–Kier alpha value is -2.12. The Balaban J connectivity index is 1.72. The normalized spacial score (nSPS) is 21.9. The molecule has 0 amide bonds. The first-order chi connectivity index (χ1) is 10.4. The van der Waals surface area contributed by atoms with Crippen molar-refractivity contribution in [3.63, 3.8) is 0 Å². The van der Waals surface area contributed by atoms with Gasteiger partial charge in [0.15, 0.2) is 0 Å². The minimum atomic E-state index is 0.149. The first kappa shape index (κ1) is 13.8. The van der Waals surface area contributed by atoms with Crippen LogP contribution in [0.25, 0.3) is 5.69 Å². The lowest BCUT2D eigenvalue weighted by atomic mass is 9.85. The van der Waals surface area contributed by atoms with Crippen LogP contribution < -0.4 is 5.32 Å². The maximum Gasteiger partial charge on any atom is 0.0690 e. The molecule has 2 atom stereocenters. The van der Waals surface area contributed by atoms with Crippen LogP contribution in [0, 0.1) is 17.2 Å². The lowest BCUT2D eigenvalue weighted by molar-refractivity contribution is 0.311. The molecule has 4 nitrogen and oxygen atoms in total. The minimum Gasteiger partial charge on any atom is -0.309 e. The van der Waals surface area contributed by atoms with E-state index >= 15 is 0 Å². The summed E-state index contributed by atoms with van der Waals surface area (Å²) in [6, 6.07) is 13.0. The molecule has 0 spiro atoms. The second-order valence-electron chi connectivity index (χ2n) is 5.59. The van der Waals surface area contributed by atoms with Crippen LogP contribution in [0.2, 0.25) is 0 Å². The fourth-order valence-electron chi connectivity index (χ4n) is 3.07. The lowest BCUT2D eigenvalue weighted by Crippen LogP contribution is -2.37. The number of para-hydroxylation sites is 1. The van der Waals surface area contributed by atoms with E-state index < -0.39 is 0 Å². The quantitative estimate of drug-likeness (QED) is 0.936. The number of rotatable bonds is 4. The fraction of sp³-hybridized carbons (Fsp3) is 0.412. The predicted octanol–water partition coefficient (Wildman–Crippen LogP) is 3.04. The predicted molar refractivity (Wildman–Crippen MR) is 81.8 cm³/mol. The van der Waals surface area contributed by atoms with E-state index in [1.54, 1.807) is 6.20 Å². The van der Waals surface area contributed by atoms with Crippen LogP contribution in [0.5, 0.6) is 0 Å². The summed E-state index contributed by atoms with van der Waals surface area (Å²) in [4.78, 5) is 0. The molecule has 2 aromatic rings. The molecule has 2 unspecified atom stereocenters. The van der Waals surface area contributed by atoms with Crippen molar-refractivity contribution in [1.29, 1.82) is 5.26 Å². The van der Waals surface area contributed by atoms with Gasteiger partial charge in [-0.15, -0.1) is 0 Å². The third kappa shape index (κ3) is 3.14. The van der Waals surface area contributed by atoms with Crippen molar-refractivity contribution in [3.8, 4) is 11.8 Å². The molecular formula is C17H20N4. The van der Waals surface area contributed by atoms with E-state index in [0.717, 1.165) is 25.1 Å². The van der Waals surface area contributed by atoms with Gasteiger partial charge in [-0.05, 0) is 30.5 Å². The number of benzene rings is 1. The third-order valence-electron chi connectivity index (χ3n) is 4.23. The van der Waals surface area contributed by atoms with Crippen molar-refractivity contribution in [2.45, 2.75) is 38.3 Å². The van der Waals surface area contributed by atoms with E-state index in [4.69, 9.17) is 0 Å². The summed E-state index contributed by atoms with van der Waals surface area (Å²) in [6.07, 6.45) is 8.27. The van der Waals surface area contributed by atoms with Gasteiger partial charge in [0.05, 0.1) is 17.7 Å². The molecule has 0 aliphatic heterocycles. The zero-order valence-corrected chi connectivity index (χ0v) is 12.1. The Morgan fingerprint density at radius 2 is 2.10 bits per heavy atom. The Labute approximate surface area is 125 Å². The Kier molecular flexibility index (Phi) is 4.32. The average Bonchev–Trinajstić information content (AvgIpc) is 3.08. The standard InChI is InChI=1S/C17H20N4/c18-12-14-6-1-3-8-16(14)19-13-15-7-2-4-9-17(15)21-11-5-10-20-21/h2,4-5,7,9-11,14,16,19H,1,3,6,8,13H2. The summed E-state index contributed by atoms with van der Waals surface area (Å²) in [6.45, 7) is 0.777. The third-order valence-corrected chi connectivity index (χ3v) is 4.23. The second-order valence-corrected chi connectivity index (χ2v) is 5.59. The summed E-state index contributed by atoms with van der Waals surface area (Å²) in [5.41, 5.74) is 2.31. The molecule has 4 heteroatoms. The van der Waals surface area contributed by atoms with Gasteiger partial charge in [0, 0.05) is 25.0 Å². The first-order valence-electron chi connectivity index (χ1n) is 7.59. The van der Waals surface area contributed by atoms with Crippen molar-refractivity contribution in [2.75, 3.05) is 0 Å². The molecule has 1 aliphatic carbocycles. The van der Waals surface area contributed by atoms with Gasteiger partial charge in [-0.2, -0.15) is 10.4 Å². The zero-order chi connectivity index (χ0) is 14.5. The molecule has 1 aliphatic rings. The summed E-state index contributed by atoms with van der Waals surface area (Å²) in [5.74, 6) is 0.149. The molecule has 1 fully saturated rings. The number of hydrogen-bond acceptors (Lipinski definition) is 3. The highest BCUT2D eigenvalue weighted by molar-refractivity contribution is 5.40. The van der Waals surface area contributed by atoms with Crippen LogP contribution >= 0.6 is 0 Å². The topological polar surface area (TPSA) is 53.6 Å². The van der Waals surface area contributed by atoms with Crippen LogP contribution in [0.1, 0.15) is 31.2 Å². The maximum absolute atomic E-state index is 9.26. The van der Waals surface area contributed by atoms with Crippen molar-refractivity contribution >= 4 is 0 Å². The van der Waals surface area contributed by atoms with Gasteiger partial charge >= 0.3 is 0 Å². The van der Waals surface area contributed by atoms with E-state index in [2.05, 4.69) is 28.6 Å². The number of nitrogens with one attached hydrogen (secondary N) is 1. The van der Waals surface area contributed by atoms with Crippen LogP contribution in [-0.4, -0.2) is 15.8 Å². The van der Waals surface area contributed by atoms with E-state index in [0.29, 0.717) is 6.04 Å². The van der Waals surface area contributed by atoms with Crippen LogP contribution in [0.3, 0.4) is 0 Å². The van der Waals surface area contributed by atoms with Crippen molar-refractivity contribution < 1.29 is 0 Å². The average molecular weight is 280 g/mol. The van der Waals surface area contributed by atoms with E-state index in [-0.39, 0.29) is 5.92 Å². The lowest BCUT2D eigenvalue weighted by Gasteiger charge is -2.28. The Bertz CT molecular complexity index is 612. The van der Waals surface area contributed by atoms with E-state index in [9.17, 15) is 5.26 Å². The van der Waals surface area contributed by atoms with Gasteiger partial charge in [-0.1, -0.05) is 31.0 Å². The molecule has 0 bridgehead atoms. The van der Waals surface area contributed by atoms with Gasteiger partial charge in [-0.3, -0.25) is 0 Å². The smallest absolute Gasteiger partial charge is 0.0690 e. The Morgan fingerprint density at radius 1 is 1.24 bits per heavy atom. The van der Waals surface area contributed by atoms with Gasteiger partial charge < -0.3 is 5.32 Å². The van der Waals surface area contributed by atoms with Crippen molar-refractivity contribution in [3.05, 3.63) is 48.3 Å². The number of nitrogens with zero attached hydrogens (tertiary/aromatic N) is 3. The molecular weight excluding hydrogens is 260 g/mol. The number of hydrogen-bond donors (Lipinski definition) is 1. The SMILES string of the molecule is N#CC1CCCCC1NCc1ccccc1-n1cccn1. The molecule has 108 valence electrons.